The number of para-hydroxylation sites is 1. The van der Waals surface area contributed by atoms with Crippen molar-refractivity contribution in [1.29, 1.82) is 0 Å². The van der Waals surface area contributed by atoms with Crippen molar-refractivity contribution < 1.29 is 27.4 Å². The minimum atomic E-state index is -4.82. The van der Waals surface area contributed by atoms with Crippen LogP contribution in [-0.4, -0.2) is 37.2 Å². The molecule has 13 heteroatoms. The van der Waals surface area contributed by atoms with E-state index in [1.807, 2.05) is 30.3 Å². The average Bonchev–Trinajstić information content (AvgIpc) is 3.38. The largest absolute Gasteiger partial charge is 0.573 e. The van der Waals surface area contributed by atoms with Crippen LogP contribution in [0.2, 0.25) is 0 Å². The lowest BCUT2D eigenvalue weighted by molar-refractivity contribution is -0.274. The second kappa shape index (κ2) is 11.9. The topological polar surface area (TPSA) is 104 Å². The van der Waals surface area contributed by atoms with E-state index in [1.165, 1.54) is 28.6 Å². The molecule has 40 heavy (non-hydrogen) atoms. The number of hydrogen-bond donors (Lipinski definition) is 1. The van der Waals surface area contributed by atoms with Crippen LogP contribution in [0.4, 0.5) is 18.9 Å². The number of thioether (sulfide) groups is 1. The maximum atomic E-state index is 13.2. The van der Waals surface area contributed by atoms with Gasteiger partial charge in [-0.05, 0) is 66.7 Å². The number of halogens is 3. The molecule has 0 bridgehead atoms. The number of benzene rings is 3. The summed E-state index contributed by atoms with van der Waals surface area (Å²) in [5.41, 5.74) is 1.30. The third kappa shape index (κ3) is 6.94. The molecule has 0 saturated carbocycles. The molecule has 0 saturated heterocycles. The van der Waals surface area contributed by atoms with E-state index in [4.69, 9.17) is 4.74 Å². The summed E-state index contributed by atoms with van der Waals surface area (Å²) < 4.78 is 48.8. The first kappa shape index (κ1) is 26.7. The van der Waals surface area contributed by atoms with Crippen molar-refractivity contribution in [3.05, 3.63) is 109 Å². The van der Waals surface area contributed by atoms with Gasteiger partial charge in [-0.2, -0.15) is 0 Å². The Kier molecular flexibility index (Phi) is 7.92. The summed E-state index contributed by atoms with van der Waals surface area (Å²) in [6.45, 7) is 0. The molecule has 5 aromatic rings. The van der Waals surface area contributed by atoms with Gasteiger partial charge in [0.05, 0.1) is 11.4 Å². The molecule has 0 aliphatic rings. The lowest BCUT2D eigenvalue weighted by Crippen LogP contribution is -2.17. The van der Waals surface area contributed by atoms with Crippen molar-refractivity contribution in [2.24, 2.45) is 0 Å². The quantitative estimate of drug-likeness (QED) is 0.165. The maximum Gasteiger partial charge on any atom is 0.573 e. The van der Waals surface area contributed by atoms with Gasteiger partial charge in [0, 0.05) is 23.8 Å². The van der Waals surface area contributed by atoms with E-state index in [1.54, 1.807) is 42.7 Å². The van der Waals surface area contributed by atoms with E-state index in [9.17, 15) is 18.0 Å². The molecular formula is C27H19F3N6O3S. The normalized spacial score (nSPS) is 11.2. The maximum absolute atomic E-state index is 13.2. The Morgan fingerprint density at radius 1 is 0.850 bits per heavy atom. The third-order valence-corrected chi connectivity index (χ3v) is 6.15. The summed E-state index contributed by atoms with van der Waals surface area (Å²) >= 11 is 1.25. The Morgan fingerprint density at radius 3 is 2.17 bits per heavy atom. The molecule has 5 rings (SSSR count). The van der Waals surface area contributed by atoms with Gasteiger partial charge in [0.1, 0.15) is 17.2 Å². The van der Waals surface area contributed by atoms with Crippen molar-refractivity contribution in [1.82, 2.24) is 25.0 Å². The van der Waals surface area contributed by atoms with Crippen LogP contribution in [0.25, 0.3) is 5.69 Å². The highest BCUT2D eigenvalue weighted by Gasteiger charge is 2.31. The van der Waals surface area contributed by atoms with Gasteiger partial charge in [0.25, 0.3) is 5.91 Å². The second-order valence-electron chi connectivity index (χ2n) is 8.05. The molecule has 0 aliphatic carbocycles. The number of carbonyl (C=O) groups is 1. The summed E-state index contributed by atoms with van der Waals surface area (Å²) in [6.07, 6.45) is -1.64. The monoisotopic (exact) mass is 564 g/mol. The van der Waals surface area contributed by atoms with E-state index in [2.05, 4.69) is 30.3 Å². The van der Waals surface area contributed by atoms with Gasteiger partial charge in [-0.15, -0.1) is 18.3 Å². The van der Waals surface area contributed by atoms with Crippen molar-refractivity contribution >= 4 is 23.4 Å². The molecular weight excluding hydrogens is 545 g/mol. The Bertz CT molecular complexity index is 1570. The number of rotatable bonds is 9. The third-order valence-electron chi connectivity index (χ3n) is 5.26. The highest BCUT2D eigenvalue weighted by atomic mass is 32.2. The molecule has 0 fully saturated rings. The van der Waals surface area contributed by atoms with Gasteiger partial charge < -0.3 is 14.8 Å². The summed E-state index contributed by atoms with van der Waals surface area (Å²) in [5.74, 6) is 0.559. The predicted octanol–water partition coefficient (Wildman–Crippen LogP) is 6.29. The molecule has 1 amide bonds. The molecule has 2 heterocycles. The fraction of sp³-hybridized carbons (Fsp3) is 0.0741. The molecule has 202 valence electrons. The van der Waals surface area contributed by atoms with Crippen LogP contribution >= 0.6 is 11.8 Å². The first-order valence-corrected chi connectivity index (χ1v) is 12.7. The first-order chi connectivity index (χ1) is 19.3. The molecule has 0 atom stereocenters. The molecule has 0 aliphatic heterocycles. The number of hydrogen-bond acceptors (Lipinski definition) is 8. The second-order valence-corrected chi connectivity index (χ2v) is 8.99. The van der Waals surface area contributed by atoms with Gasteiger partial charge >= 0.3 is 6.36 Å². The Hall–Kier alpha value is -4.91. The van der Waals surface area contributed by atoms with E-state index in [0.29, 0.717) is 33.7 Å². The minimum Gasteiger partial charge on any atom is -0.457 e. The van der Waals surface area contributed by atoms with Gasteiger partial charge in [-0.3, -0.25) is 4.79 Å². The molecule has 2 aromatic heterocycles. The Balaban J connectivity index is 1.36. The van der Waals surface area contributed by atoms with Crippen LogP contribution in [0.5, 0.6) is 17.2 Å². The standard InChI is InChI=1S/C27H19F3N6O3S/c28-27(29,30)39-22-13-9-19(10-14-22)36-23(17-40-26-31-15-4-16-32-26)24(34-35-36)25(37)33-18-7-11-21(12-8-18)38-20-5-2-1-3-6-20/h1-16H,17H2,(H,33,37). The Labute approximate surface area is 230 Å². The van der Waals surface area contributed by atoms with Gasteiger partial charge in [0.15, 0.2) is 10.9 Å². The summed E-state index contributed by atoms with van der Waals surface area (Å²) in [5, 5.41) is 11.4. The fourth-order valence-corrected chi connectivity index (χ4v) is 4.31. The first-order valence-electron chi connectivity index (χ1n) is 11.7. The van der Waals surface area contributed by atoms with Crippen LogP contribution in [0.3, 0.4) is 0 Å². The molecule has 9 nitrogen and oxygen atoms in total. The number of nitrogens with zero attached hydrogens (tertiary/aromatic N) is 5. The molecule has 0 radical (unpaired) electrons. The number of amides is 1. The summed E-state index contributed by atoms with van der Waals surface area (Å²) in [6, 6.07) is 22.8. The zero-order valence-electron chi connectivity index (χ0n) is 20.4. The number of carbonyl (C=O) groups excluding carboxylic acids is 1. The molecule has 3 aromatic carbocycles. The van der Waals surface area contributed by atoms with E-state index in [0.717, 1.165) is 12.1 Å². The van der Waals surface area contributed by atoms with Crippen molar-refractivity contribution in [2.75, 3.05) is 5.32 Å². The lowest BCUT2D eigenvalue weighted by Gasteiger charge is -2.11. The van der Waals surface area contributed by atoms with E-state index >= 15 is 0 Å². The number of ether oxygens (including phenoxy) is 2. The van der Waals surface area contributed by atoms with Crippen molar-refractivity contribution in [2.45, 2.75) is 17.3 Å². The zero-order valence-corrected chi connectivity index (χ0v) is 21.3. The smallest absolute Gasteiger partial charge is 0.457 e. The lowest BCUT2D eigenvalue weighted by atomic mass is 10.2. The molecule has 0 unspecified atom stereocenters. The summed E-state index contributed by atoms with van der Waals surface area (Å²) in [7, 11) is 0. The number of anilines is 1. The van der Waals surface area contributed by atoms with E-state index < -0.39 is 12.3 Å². The van der Waals surface area contributed by atoms with Gasteiger partial charge in [-0.25, -0.2) is 14.6 Å². The predicted molar refractivity (Wildman–Crippen MR) is 141 cm³/mol. The molecule has 0 spiro atoms. The van der Waals surface area contributed by atoms with Crippen molar-refractivity contribution in [3.63, 3.8) is 0 Å². The van der Waals surface area contributed by atoms with Gasteiger partial charge in [0.2, 0.25) is 0 Å². The fourth-order valence-electron chi connectivity index (χ4n) is 3.52. The Morgan fingerprint density at radius 2 is 1.50 bits per heavy atom. The van der Waals surface area contributed by atoms with Crippen LogP contribution < -0.4 is 14.8 Å². The number of aromatic nitrogens is 5. The molecule has 1 N–H and O–H groups in total. The highest BCUT2D eigenvalue weighted by Crippen LogP contribution is 2.27. The number of alkyl halides is 3. The van der Waals surface area contributed by atoms with Crippen LogP contribution in [0, 0.1) is 0 Å². The summed E-state index contributed by atoms with van der Waals surface area (Å²) in [4.78, 5) is 21.6. The van der Waals surface area contributed by atoms with E-state index in [-0.39, 0.29) is 17.2 Å². The zero-order chi connectivity index (χ0) is 28.0. The van der Waals surface area contributed by atoms with Crippen molar-refractivity contribution in [3.8, 4) is 22.9 Å². The minimum absolute atomic E-state index is 0.0312. The van der Waals surface area contributed by atoms with Crippen LogP contribution in [-0.2, 0) is 5.75 Å². The SMILES string of the molecule is O=C(Nc1ccc(Oc2ccccc2)cc1)c1nnn(-c2ccc(OC(F)(F)F)cc2)c1CSc1ncccn1. The number of nitrogens with one attached hydrogen (secondary N) is 1. The van der Waals surface area contributed by atoms with Crippen LogP contribution in [0.15, 0.2) is 102 Å². The van der Waals surface area contributed by atoms with Crippen LogP contribution in [0.1, 0.15) is 16.2 Å². The van der Waals surface area contributed by atoms with Gasteiger partial charge in [-0.1, -0.05) is 35.2 Å². The average molecular weight is 565 g/mol. The highest BCUT2D eigenvalue weighted by molar-refractivity contribution is 7.98.